The van der Waals surface area contributed by atoms with Crippen LogP contribution in [0.1, 0.15) is 0 Å². The van der Waals surface area contributed by atoms with Gasteiger partial charge in [-0.1, -0.05) is 12.2 Å². The molecule has 4 heteroatoms. The summed E-state index contributed by atoms with van der Waals surface area (Å²) in [5, 5.41) is 4.19. The molecule has 0 saturated carbocycles. The number of pyridine rings is 1. The van der Waals surface area contributed by atoms with Gasteiger partial charge in [0, 0.05) is 19.3 Å². The second-order valence-corrected chi connectivity index (χ2v) is 3.08. The lowest BCUT2D eigenvalue weighted by Gasteiger charge is -2.02. The van der Waals surface area contributed by atoms with Gasteiger partial charge in [-0.3, -0.25) is 0 Å². The van der Waals surface area contributed by atoms with E-state index in [0.717, 1.165) is 16.8 Å². The molecule has 0 saturated heterocycles. The maximum Gasteiger partial charge on any atom is 0.139 e. The number of aromatic nitrogens is 1. The van der Waals surface area contributed by atoms with Crippen LogP contribution in [-0.2, 0) is 0 Å². The number of furan rings is 1. The molecule has 0 spiro atoms. The van der Waals surface area contributed by atoms with E-state index in [9.17, 15) is 0 Å². The summed E-state index contributed by atoms with van der Waals surface area (Å²) in [6, 6.07) is 3.74. The predicted molar refractivity (Wildman–Crippen MR) is 60.7 cm³/mol. The van der Waals surface area contributed by atoms with Crippen molar-refractivity contribution in [2.45, 2.75) is 0 Å². The van der Waals surface area contributed by atoms with Gasteiger partial charge in [-0.05, 0) is 12.1 Å². The molecule has 0 bridgehead atoms. The van der Waals surface area contributed by atoms with Gasteiger partial charge in [-0.25, -0.2) is 4.98 Å². The first-order valence-electron chi connectivity index (χ1n) is 4.83. The van der Waals surface area contributed by atoms with Gasteiger partial charge in [0.25, 0.3) is 0 Å². The largest absolute Gasteiger partial charge is 0.464 e. The fourth-order valence-electron chi connectivity index (χ4n) is 1.37. The van der Waals surface area contributed by atoms with Gasteiger partial charge in [0.15, 0.2) is 0 Å². The van der Waals surface area contributed by atoms with Crippen LogP contribution in [0.2, 0.25) is 0 Å². The van der Waals surface area contributed by atoms with Gasteiger partial charge in [-0.15, -0.1) is 0 Å². The number of hydrogen-bond donors (Lipinski definition) is 2. The Morgan fingerprint density at radius 3 is 3.20 bits per heavy atom. The van der Waals surface area contributed by atoms with Gasteiger partial charge in [0.2, 0.25) is 0 Å². The Hall–Kier alpha value is -1.81. The number of rotatable bonds is 4. The van der Waals surface area contributed by atoms with Crippen LogP contribution in [0, 0.1) is 0 Å². The molecule has 0 radical (unpaired) electrons. The number of nitrogens with zero attached hydrogens (tertiary/aromatic N) is 1. The lowest BCUT2D eigenvalue weighted by molar-refractivity contribution is 0.615. The van der Waals surface area contributed by atoms with Crippen molar-refractivity contribution in [1.82, 2.24) is 4.98 Å². The maximum absolute atomic E-state index is 5.34. The molecule has 2 heterocycles. The van der Waals surface area contributed by atoms with E-state index in [0.29, 0.717) is 13.1 Å². The molecule has 0 atom stereocenters. The quantitative estimate of drug-likeness (QED) is 0.743. The third-order valence-electron chi connectivity index (χ3n) is 2.07. The van der Waals surface area contributed by atoms with Crippen LogP contribution in [-0.4, -0.2) is 18.1 Å². The van der Waals surface area contributed by atoms with Gasteiger partial charge in [0.05, 0.1) is 11.6 Å². The zero-order valence-corrected chi connectivity index (χ0v) is 8.31. The molecule has 2 aromatic heterocycles. The first-order chi connectivity index (χ1) is 7.42. The van der Waals surface area contributed by atoms with Crippen molar-refractivity contribution in [2.75, 3.05) is 18.4 Å². The van der Waals surface area contributed by atoms with E-state index in [1.54, 1.807) is 12.5 Å². The monoisotopic (exact) mass is 203 g/mol. The molecular weight excluding hydrogens is 190 g/mol. The summed E-state index contributed by atoms with van der Waals surface area (Å²) in [4.78, 5) is 4.24. The van der Waals surface area contributed by atoms with Gasteiger partial charge in [0.1, 0.15) is 11.4 Å². The highest BCUT2D eigenvalue weighted by Gasteiger charge is 2.02. The van der Waals surface area contributed by atoms with Crippen LogP contribution in [0.25, 0.3) is 11.0 Å². The van der Waals surface area contributed by atoms with Crippen molar-refractivity contribution >= 4 is 16.8 Å². The van der Waals surface area contributed by atoms with E-state index < -0.39 is 0 Å². The van der Waals surface area contributed by atoms with Crippen molar-refractivity contribution in [2.24, 2.45) is 5.73 Å². The molecule has 0 aromatic carbocycles. The Bertz CT molecular complexity index is 462. The summed E-state index contributed by atoms with van der Waals surface area (Å²) in [7, 11) is 0. The molecule has 3 N–H and O–H groups in total. The highest BCUT2D eigenvalue weighted by Crippen LogP contribution is 2.21. The molecule has 0 aliphatic heterocycles. The van der Waals surface area contributed by atoms with E-state index in [-0.39, 0.29) is 0 Å². The zero-order chi connectivity index (χ0) is 10.5. The summed E-state index contributed by atoms with van der Waals surface area (Å²) in [5.41, 5.74) is 6.18. The molecule has 78 valence electrons. The fraction of sp³-hybridized carbons (Fsp3) is 0.182. The minimum atomic E-state index is 0.561. The summed E-state index contributed by atoms with van der Waals surface area (Å²) < 4.78 is 5.27. The number of anilines is 1. The fourth-order valence-corrected chi connectivity index (χ4v) is 1.37. The molecule has 0 unspecified atom stereocenters. The standard InChI is InChI=1S/C11H13N3O/c12-5-1-2-6-13-11-9-4-8-15-10(9)3-7-14-11/h1-4,7-8H,5-6,12H2,(H,13,14)/b2-1+. The van der Waals surface area contributed by atoms with Crippen LogP contribution >= 0.6 is 0 Å². The topological polar surface area (TPSA) is 64.1 Å². The Balaban J connectivity index is 2.13. The van der Waals surface area contributed by atoms with Crippen LogP contribution in [0.5, 0.6) is 0 Å². The molecule has 0 aliphatic rings. The molecular formula is C11H13N3O. The molecule has 15 heavy (non-hydrogen) atoms. The molecule has 2 rings (SSSR count). The van der Waals surface area contributed by atoms with E-state index >= 15 is 0 Å². The van der Waals surface area contributed by atoms with Gasteiger partial charge in [-0.2, -0.15) is 0 Å². The lowest BCUT2D eigenvalue weighted by Crippen LogP contribution is -2.01. The van der Waals surface area contributed by atoms with Crippen molar-refractivity contribution < 1.29 is 4.42 Å². The molecule has 2 aromatic rings. The number of hydrogen-bond acceptors (Lipinski definition) is 4. The van der Waals surface area contributed by atoms with Crippen molar-refractivity contribution in [3.05, 3.63) is 36.7 Å². The number of fused-ring (bicyclic) bond motifs is 1. The van der Waals surface area contributed by atoms with Gasteiger partial charge < -0.3 is 15.5 Å². The average Bonchev–Trinajstić information content (AvgIpc) is 2.73. The molecule has 0 aliphatic carbocycles. The first kappa shape index (κ1) is 9.73. The molecule has 0 fully saturated rings. The number of nitrogens with two attached hydrogens (primary N) is 1. The second-order valence-electron chi connectivity index (χ2n) is 3.08. The Kier molecular flexibility index (Phi) is 2.99. The average molecular weight is 203 g/mol. The van der Waals surface area contributed by atoms with E-state index in [4.69, 9.17) is 10.2 Å². The van der Waals surface area contributed by atoms with E-state index in [2.05, 4.69) is 10.3 Å². The van der Waals surface area contributed by atoms with Crippen molar-refractivity contribution in [3.8, 4) is 0 Å². The lowest BCUT2D eigenvalue weighted by atomic mass is 10.3. The highest BCUT2D eigenvalue weighted by atomic mass is 16.3. The van der Waals surface area contributed by atoms with Crippen LogP contribution in [0.15, 0.2) is 41.2 Å². The van der Waals surface area contributed by atoms with Crippen molar-refractivity contribution in [3.63, 3.8) is 0 Å². The van der Waals surface area contributed by atoms with E-state index in [1.165, 1.54) is 0 Å². The Labute approximate surface area is 87.8 Å². The maximum atomic E-state index is 5.34. The minimum Gasteiger partial charge on any atom is -0.464 e. The summed E-state index contributed by atoms with van der Waals surface area (Å²) in [5.74, 6) is 0.836. The summed E-state index contributed by atoms with van der Waals surface area (Å²) >= 11 is 0. The second kappa shape index (κ2) is 4.61. The van der Waals surface area contributed by atoms with E-state index in [1.807, 2.05) is 24.3 Å². The molecule has 4 nitrogen and oxygen atoms in total. The Morgan fingerprint density at radius 1 is 1.40 bits per heavy atom. The first-order valence-corrected chi connectivity index (χ1v) is 4.83. The van der Waals surface area contributed by atoms with Crippen LogP contribution in [0.4, 0.5) is 5.82 Å². The summed E-state index contributed by atoms with van der Waals surface area (Å²) in [6.07, 6.45) is 7.26. The highest BCUT2D eigenvalue weighted by molar-refractivity contribution is 5.87. The van der Waals surface area contributed by atoms with Crippen molar-refractivity contribution in [1.29, 1.82) is 0 Å². The predicted octanol–water partition coefficient (Wildman–Crippen LogP) is 1.75. The normalized spacial score (nSPS) is 11.3. The minimum absolute atomic E-state index is 0.561. The third-order valence-corrected chi connectivity index (χ3v) is 2.07. The summed E-state index contributed by atoms with van der Waals surface area (Å²) in [6.45, 7) is 1.28. The zero-order valence-electron chi connectivity index (χ0n) is 8.31. The van der Waals surface area contributed by atoms with Crippen LogP contribution < -0.4 is 11.1 Å². The number of nitrogens with one attached hydrogen (secondary N) is 1. The third kappa shape index (κ3) is 2.16. The smallest absolute Gasteiger partial charge is 0.139 e. The molecule has 0 amide bonds. The SMILES string of the molecule is NC/C=C/CNc1nccc2occc12. The van der Waals surface area contributed by atoms with Gasteiger partial charge >= 0.3 is 0 Å². The Morgan fingerprint density at radius 2 is 2.33 bits per heavy atom. The van der Waals surface area contributed by atoms with Crippen LogP contribution in [0.3, 0.4) is 0 Å².